The summed E-state index contributed by atoms with van der Waals surface area (Å²) in [6.07, 6.45) is 3.67. The van der Waals surface area contributed by atoms with Crippen molar-refractivity contribution in [3.8, 4) is 0 Å². The molecule has 0 bridgehead atoms. The molecule has 80 valence electrons. The highest BCUT2D eigenvalue weighted by Gasteiger charge is 2.22. The minimum Gasteiger partial charge on any atom is -0.291 e. The van der Waals surface area contributed by atoms with Crippen LogP contribution in [0.4, 0.5) is 0 Å². The van der Waals surface area contributed by atoms with Crippen LogP contribution in [0.2, 0.25) is 0 Å². The molecule has 2 aromatic heterocycles. The molecular weight excluding hydrogens is 204 g/mol. The molecule has 1 aliphatic carbocycles. The van der Waals surface area contributed by atoms with Gasteiger partial charge in [-0.2, -0.15) is 0 Å². The molecule has 3 heteroatoms. The van der Waals surface area contributed by atoms with Crippen molar-refractivity contribution in [1.29, 1.82) is 0 Å². The molecule has 0 N–H and O–H groups in total. The molecule has 0 saturated heterocycles. The highest BCUT2D eigenvalue weighted by Crippen LogP contribution is 2.31. The van der Waals surface area contributed by atoms with Gasteiger partial charge in [0.25, 0.3) is 0 Å². The third kappa shape index (κ3) is 1.26. The van der Waals surface area contributed by atoms with Crippen LogP contribution in [0.3, 0.4) is 0 Å². The van der Waals surface area contributed by atoms with Gasteiger partial charge in [0.1, 0.15) is 0 Å². The Morgan fingerprint density at radius 2 is 2.20 bits per heavy atom. The molecule has 2 aromatic rings. The van der Waals surface area contributed by atoms with Gasteiger partial charge in [-0.1, -0.05) is 6.92 Å². The average molecular weight is 220 g/mol. The van der Waals surface area contributed by atoms with Gasteiger partial charge in [-0.15, -0.1) is 11.3 Å². The van der Waals surface area contributed by atoms with Gasteiger partial charge < -0.3 is 0 Å². The molecule has 0 fully saturated rings. The largest absolute Gasteiger partial charge is 0.291 e. The molecule has 3 rings (SSSR count). The highest BCUT2D eigenvalue weighted by molar-refractivity contribution is 7.17. The first-order chi connectivity index (χ1) is 7.16. The lowest BCUT2D eigenvalue weighted by atomic mass is 9.91. The maximum Gasteiger partial charge on any atom is 0.194 e. The van der Waals surface area contributed by atoms with Crippen LogP contribution in [0.15, 0.2) is 0 Å². The number of aromatic nitrogens is 2. The zero-order valence-electron chi connectivity index (χ0n) is 9.50. The molecule has 1 atom stereocenters. The van der Waals surface area contributed by atoms with E-state index in [9.17, 15) is 0 Å². The molecule has 2 heterocycles. The predicted octanol–water partition coefficient (Wildman–Crippen LogP) is 3.14. The van der Waals surface area contributed by atoms with E-state index in [1.807, 2.05) is 11.3 Å². The number of thiazole rings is 1. The zero-order chi connectivity index (χ0) is 10.6. The Hall–Kier alpha value is -0.830. The second-order valence-corrected chi connectivity index (χ2v) is 5.90. The number of nitrogens with zero attached hydrogens (tertiary/aromatic N) is 2. The average Bonchev–Trinajstić information content (AvgIpc) is 2.65. The predicted molar refractivity (Wildman–Crippen MR) is 63.7 cm³/mol. The van der Waals surface area contributed by atoms with E-state index >= 15 is 0 Å². The van der Waals surface area contributed by atoms with Crippen LogP contribution in [0.5, 0.6) is 0 Å². The lowest BCUT2D eigenvalue weighted by Crippen LogP contribution is -2.12. The first-order valence-electron chi connectivity index (χ1n) is 5.63. The Morgan fingerprint density at radius 3 is 3.00 bits per heavy atom. The number of imidazole rings is 1. The van der Waals surface area contributed by atoms with Crippen LogP contribution >= 0.6 is 11.3 Å². The van der Waals surface area contributed by atoms with Gasteiger partial charge in [0, 0.05) is 16.3 Å². The van der Waals surface area contributed by atoms with Crippen molar-refractivity contribution in [2.75, 3.05) is 0 Å². The Balaban J connectivity index is 2.28. The van der Waals surface area contributed by atoms with E-state index in [4.69, 9.17) is 4.98 Å². The number of aryl methyl sites for hydroxylation is 3. The highest BCUT2D eigenvalue weighted by atomic mass is 32.1. The van der Waals surface area contributed by atoms with Crippen LogP contribution in [-0.2, 0) is 12.8 Å². The molecule has 0 amide bonds. The summed E-state index contributed by atoms with van der Waals surface area (Å²) < 4.78 is 2.38. The lowest BCUT2D eigenvalue weighted by molar-refractivity contribution is 0.488. The summed E-state index contributed by atoms with van der Waals surface area (Å²) in [5.74, 6) is 0.817. The molecule has 0 saturated carbocycles. The van der Waals surface area contributed by atoms with Crippen LogP contribution in [0.1, 0.15) is 35.3 Å². The van der Waals surface area contributed by atoms with Crippen molar-refractivity contribution in [2.45, 2.75) is 40.0 Å². The molecule has 0 radical (unpaired) electrons. The summed E-state index contributed by atoms with van der Waals surface area (Å²) in [6.45, 7) is 6.74. The first kappa shape index (κ1) is 9.40. The van der Waals surface area contributed by atoms with Gasteiger partial charge in [-0.25, -0.2) is 4.98 Å². The zero-order valence-corrected chi connectivity index (χ0v) is 10.3. The van der Waals surface area contributed by atoms with Gasteiger partial charge in [0.05, 0.1) is 5.69 Å². The summed E-state index contributed by atoms with van der Waals surface area (Å²) in [5, 5.41) is 0. The molecule has 2 nitrogen and oxygen atoms in total. The molecule has 1 unspecified atom stereocenters. The fourth-order valence-electron chi connectivity index (χ4n) is 2.48. The van der Waals surface area contributed by atoms with Crippen LogP contribution < -0.4 is 0 Å². The van der Waals surface area contributed by atoms with Gasteiger partial charge in [-0.05, 0) is 39.0 Å². The number of fused-ring (bicyclic) bond motifs is 3. The minimum atomic E-state index is 0.817. The molecule has 1 aliphatic rings. The van der Waals surface area contributed by atoms with E-state index < -0.39 is 0 Å². The van der Waals surface area contributed by atoms with Gasteiger partial charge in [0.2, 0.25) is 0 Å². The SMILES string of the molecule is Cc1sc2nc3c(n2c1C)CC(C)CC3. The summed E-state index contributed by atoms with van der Waals surface area (Å²) in [5.41, 5.74) is 4.21. The lowest BCUT2D eigenvalue weighted by Gasteiger charge is -2.17. The van der Waals surface area contributed by atoms with E-state index in [2.05, 4.69) is 25.2 Å². The summed E-state index contributed by atoms with van der Waals surface area (Å²) >= 11 is 1.83. The fourth-order valence-corrected chi connectivity index (χ4v) is 3.49. The van der Waals surface area contributed by atoms with Crippen molar-refractivity contribution in [1.82, 2.24) is 9.38 Å². The standard InChI is InChI=1S/C12H16N2S/c1-7-4-5-10-11(6-7)14-8(2)9(3)15-12(14)13-10/h7H,4-6H2,1-3H3. The van der Waals surface area contributed by atoms with Crippen molar-refractivity contribution in [2.24, 2.45) is 5.92 Å². The van der Waals surface area contributed by atoms with E-state index in [1.165, 1.54) is 46.2 Å². The number of rotatable bonds is 0. The Bertz CT molecular complexity index is 521. The molecule has 0 spiro atoms. The fraction of sp³-hybridized carbons (Fsp3) is 0.583. The Labute approximate surface area is 94.0 Å². The van der Waals surface area contributed by atoms with E-state index in [0.29, 0.717) is 0 Å². The number of hydrogen-bond donors (Lipinski definition) is 0. The van der Waals surface area contributed by atoms with Crippen molar-refractivity contribution < 1.29 is 0 Å². The van der Waals surface area contributed by atoms with Crippen LogP contribution in [0, 0.1) is 19.8 Å². The maximum atomic E-state index is 4.75. The van der Waals surface area contributed by atoms with Gasteiger partial charge in [-0.3, -0.25) is 4.40 Å². The summed E-state index contributed by atoms with van der Waals surface area (Å²) in [6, 6.07) is 0. The summed E-state index contributed by atoms with van der Waals surface area (Å²) in [7, 11) is 0. The second kappa shape index (κ2) is 3.08. The second-order valence-electron chi connectivity index (χ2n) is 4.71. The minimum absolute atomic E-state index is 0.817. The third-order valence-corrected chi connectivity index (χ3v) is 4.59. The van der Waals surface area contributed by atoms with Crippen molar-refractivity contribution >= 4 is 16.3 Å². The van der Waals surface area contributed by atoms with E-state index in [1.54, 1.807) is 0 Å². The van der Waals surface area contributed by atoms with Gasteiger partial charge in [0.15, 0.2) is 4.96 Å². The molecule has 15 heavy (non-hydrogen) atoms. The number of hydrogen-bond acceptors (Lipinski definition) is 2. The third-order valence-electron chi connectivity index (χ3n) is 3.53. The molecular formula is C12H16N2S. The Morgan fingerprint density at radius 1 is 1.40 bits per heavy atom. The topological polar surface area (TPSA) is 17.3 Å². The van der Waals surface area contributed by atoms with E-state index in [-0.39, 0.29) is 0 Å². The summed E-state index contributed by atoms with van der Waals surface area (Å²) in [4.78, 5) is 7.35. The van der Waals surface area contributed by atoms with Crippen molar-refractivity contribution in [3.05, 3.63) is 22.0 Å². The van der Waals surface area contributed by atoms with Crippen LogP contribution in [-0.4, -0.2) is 9.38 Å². The van der Waals surface area contributed by atoms with Crippen LogP contribution in [0.25, 0.3) is 4.96 Å². The van der Waals surface area contributed by atoms with Gasteiger partial charge >= 0.3 is 0 Å². The first-order valence-corrected chi connectivity index (χ1v) is 6.44. The molecule has 0 aromatic carbocycles. The molecule has 0 aliphatic heterocycles. The smallest absolute Gasteiger partial charge is 0.194 e. The normalized spacial score (nSPS) is 20.9. The monoisotopic (exact) mass is 220 g/mol. The van der Waals surface area contributed by atoms with Crippen molar-refractivity contribution in [3.63, 3.8) is 0 Å². The van der Waals surface area contributed by atoms with E-state index in [0.717, 1.165) is 5.92 Å². The Kier molecular flexibility index (Phi) is 1.93. The maximum absolute atomic E-state index is 4.75. The quantitative estimate of drug-likeness (QED) is 0.666.